The van der Waals surface area contributed by atoms with Crippen molar-refractivity contribution in [1.82, 2.24) is 5.32 Å². The van der Waals surface area contributed by atoms with Crippen LogP contribution in [0.3, 0.4) is 0 Å². The highest BCUT2D eigenvalue weighted by molar-refractivity contribution is 7.89. The standard InChI is InChI=1S/C21H29FN2O5S.ClH/c1-4-10-28-19-7-5-16(13-21(19)30(23,25)26)12-15(2)24-9-11-29-20-14-17(22)6-8-18(20)27-3;/h5-8,13-15,24H,4,9-12H2,1-3H3,(H2,23,25,26);1H. The van der Waals surface area contributed by atoms with Gasteiger partial charge in [-0.1, -0.05) is 13.0 Å². The molecule has 0 aromatic heterocycles. The summed E-state index contributed by atoms with van der Waals surface area (Å²) in [6.45, 7) is 5.15. The number of methoxy groups -OCH3 is 1. The second-order valence-corrected chi connectivity index (χ2v) is 8.41. The second kappa shape index (κ2) is 12.7. The summed E-state index contributed by atoms with van der Waals surface area (Å²) in [4.78, 5) is -0.0119. The minimum atomic E-state index is -3.89. The summed E-state index contributed by atoms with van der Waals surface area (Å²) in [5.41, 5.74) is 0.815. The molecule has 2 aromatic carbocycles. The van der Waals surface area contributed by atoms with E-state index in [0.29, 0.717) is 37.7 Å². The first kappa shape index (κ1) is 27.0. The third-order valence-corrected chi connectivity index (χ3v) is 5.23. The molecule has 0 fully saturated rings. The molecule has 0 aliphatic rings. The lowest BCUT2D eigenvalue weighted by atomic mass is 10.1. The van der Waals surface area contributed by atoms with Gasteiger partial charge in [-0.15, -0.1) is 12.4 Å². The van der Waals surface area contributed by atoms with Crippen LogP contribution in [0, 0.1) is 5.82 Å². The quantitative estimate of drug-likeness (QED) is 0.456. The molecule has 0 saturated carbocycles. The average Bonchev–Trinajstić information content (AvgIpc) is 2.69. The first-order chi connectivity index (χ1) is 14.2. The number of halogens is 2. The summed E-state index contributed by atoms with van der Waals surface area (Å²) in [5, 5.41) is 8.63. The lowest BCUT2D eigenvalue weighted by Crippen LogP contribution is -2.32. The van der Waals surface area contributed by atoms with Crippen LogP contribution in [0.25, 0.3) is 0 Å². The van der Waals surface area contributed by atoms with Crippen molar-refractivity contribution in [1.29, 1.82) is 0 Å². The highest BCUT2D eigenvalue weighted by Crippen LogP contribution is 2.27. The maximum atomic E-state index is 13.4. The minimum Gasteiger partial charge on any atom is -0.493 e. The van der Waals surface area contributed by atoms with Gasteiger partial charge in [-0.2, -0.15) is 0 Å². The SMILES string of the molecule is CCCOc1ccc(CC(C)NCCOc2cc(F)ccc2OC)cc1S(N)(=O)=O.Cl. The number of sulfonamides is 1. The van der Waals surface area contributed by atoms with Crippen molar-refractivity contribution >= 4 is 22.4 Å². The first-order valence-electron chi connectivity index (χ1n) is 9.72. The van der Waals surface area contributed by atoms with E-state index in [1.807, 2.05) is 19.9 Å². The van der Waals surface area contributed by atoms with Gasteiger partial charge in [-0.3, -0.25) is 0 Å². The lowest BCUT2D eigenvalue weighted by Gasteiger charge is -2.16. The van der Waals surface area contributed by atoms with Crippen molar-refractivity contribution in [3.8, 4) is 17.2 Å². The fourth-order valence-electron chi connectivity index (χ4n) is 2.89. The number of primary sulfonamides is 1. The van der Waals surface area contributed by atoms with E-state index in [9.17, 15) is 12.8 Å². The molecule has 174 valence electrons. The minimum absolute atomic E-state index is 0. The Bertz CT molecular complexity index is 943. The molecule has 7 nitrogen and oxygen atoms in total. The van der Waals surface area contributed by atoms with Gasteiger partial charge in [0, 0.05) is 18.7 Å². The number of nitrogens with two attached hydrogens (primary N) is 1. The molecule has 0 spiro atoms. The van der Waals surface area contributed by atoms with E-state index in [4.69, 9.17) is 19.3 Å². The number of rotatable bonds is 12. The lowest BCUT2D eigenvalue weighted by molar-refractivity contribution is 0.285. The Labute approximate surface area is 189 Å². The second-order valence-electron chi connectivity index (χ2n) is 6.88. The Hall–Kier alpha value is -2.07. The third-order valence-electron chi connectivity index (χ3n) is 4.30. The Kier molecular flexibility index (Phi) is 11.1. The summed E-state index contributed by atoms with van der Waals surface area (Å²) < 4.78 is 53.4. The topological polar surface area (TPSA) is 99.9 Å². The van der Waals surface area contributed by atoms with Crippen LogP contribution in [0.5, 0.6) is 17.2 Å². The highest BCUT2D eigenvalue weighted by Gasteiger charge is 2.17. The van der Waals surface area contributed by atoms with Gasteiger partial charge in [0.05, 0.1) is 13.7 Å². The largest absolute Gasteiger partial charge is 0.493 e. The maximum absolute atomic E-state index is 13.4. The van der Waals surface area contributed by atoms with Crippen LogP contribution in [0.2, 0.25) is 0 Å². The summed E-state index contributed by atoms with van der Waals surface area (Å²) in [5.74, 6) is 0.670. The fraction of sp³-hybridized carbons (Fsp3) is 0.429. The van der Waals surface area contributed by atoms with Gasteiger partial charge >= 0.3 is 0 Å². The van der Waals surface area contributed by atoms with Crippen molar-refractivity contribution in [2.75, 3.05) is 26.9 Å². The molecule has 31 heavy (non-hydrogen) atoms. The van der Waals surface area contributed by atoms with Gasteiger partial charge in [0.2, 0.25) is 10.0 Å². The molecule has 0 aliphatic carbocycles. The molecule has 1 unspecified atom stereocenters. The molecule has 1 atom stereocenters. The van der Waals surface area contributed by atoms with Gasteiger partial charge in [-0.25, -0.2) is 17.9 Å². The zero-order valence-corrected chi connectivity index (χ0v) is 19.5. The molecule has 0 amide bonds. The van der Waals surface area contributed by atoms with Gasteiger partial charge in [0.1, 0.15) is 23.1 Å². The highest BCUT2D eigenvalue weighted by atomic mass is 35.5. The van der Waals surface area contributed by atoms with Crippen LogP contribution >= 0.6 is 12.4 Å². The molecule has 2 aromatic rings. The van der Waals surface area contributed by atoms with Crippen molar-refractivity contribution in [3.63, 3.8) is 0 Å². The molecule has 2 rings (SSSR count). The van der Waals surface area contributed by atoms with Crippen LogP contribution in [0.15, 0.2) is 41.3 Å². The van der Waals surface area contributed by atoms with E-state index in [1.54, 1.807) is 12.1 Å². The molecular formula is C21H30ClFN2O5S. The third kappa shape index (κ3) is 8.53. The van der Waals surface area contributed by atoms with Crippen LogP contribution in [0.1, 0.15) is 25.8 Å². The summed E-state index contributed by atoms with van der Waals surface area (Å²) >= 11 is 0. The van der Waals surface area contributed by atoms with E-state index in [1.165, 1.54) is 25.3 Å². The van der Waals surface area contributed by atoms with Crippen LogP contribution < -0.4 is 24.7 Å². The zero-order chi connectivity index (χ0) is 22.1. The summed E-state index contributed by atoms with van der Waals surface area (Å²) in [6.07, 6.45) is 1.34. The Morgan fingerprint density at radius 2 is 1.74 bits per heavy atom. The van der Waals surface area contributed by atoms with E-state index in [-0.39, 0.29) is 29.1 Å². The summed E-state index contributed by atoms with van der Waals surface area (Å²) in [7, 11) is -2.40. The van der Waals surface area contributed by atoms with E-state index >= 15 is 0 Å². The fourth-order valence-corrected chi connectivity index (χ4v) is 3.61. The molecule has 0 bridgehead atoms. The normalized spacial score (nSPS) is 12.0. The van der Waals surface area contributed by atoms with Gasteiger partial charge < -0.3 is 19.5 Å². The molecule has 0 aliphatic heterocycles. The predicted octanol–water partition coefficient (Wildman–Crippen LogP) is 3.29. The molecule has 0 radical (unpaired) electrons. The van der Waals surface area contributed by atoms with Gasteiger partial charge in [0.15, 0.2) is 11.5 Å². The number of hydrogen-bond donors (Lipinski definition) is 2. The van der Waals surface area contributed by atoms with Gasteiger partial charge in [0.25, 0.3) is 0 Å². The van der Waals surface area contributed by atoms with Crippen molar-refractivity contribution in [3.05, 3.63) is 47.8 Å². The Balaban J connectivity index is 0.00000480. The average molecular weight is 477 g/mol. The van der Waals surface area contributed by atoms with E-state index in [2.05, 4.69) is 5.32 Å². The molecule has 10 heteroatoms. The van der Waals surface area contributed by atoms with Crippen LogP contribution in [0.4, 0.5) is 4.39 Å². The number of ether oxygens (including phenoxy) is 3. The first-order valence-corrected chi connectivity index (χ1v) is 11.3. The molecular weight excluding hydrogens is 447 g/mol. The van der Waals surface area contributed by atoms with Crippen molar-refractivity contribution in [2.45, 2.75) is 37.6 Å². The Morgan fingerprint density at radius 3 is 2.39 bits per heavy atom. The van der Waals surface area contributed by atoms with E-state index < -0.39 is 15.8 Å². The molecule has 3 N–H and O–H groups in total. The van der Waals surface area contributed by atoms with E-state index in [0.717, 1.165) is 12.0 Å². The molecule has 0 saturated heterocycles. The smallest absolute Gasteiger partial charge is 0.241 e. The predicted molar refractivity (Wildman–Crippen MR) is 120 cm³/mol. The van der Waals surface area contributed by atoms with Crippen LogP contribution in [-0.4, -0.2) is 41.3 Å². The Morgan fingerprint density at radius 1 is 1.06 bits per heavy atom. The molecule has 0 heterocycles. The maximum Gasteiger partial charge on any atom is 0.241 e. The number of nitrogens with one attached hydrogen (secondary N) is 1. The number of hydrogen-bond acceptors (Lipinski definition) is 6. The van der Waals surface area contributed by atoms with Crippen LogP contribution in [-0.2, 0) is 16.4 Å². The zero-order valence-electron chi connectivity index (χ0n) is 17.9. The number of benzene rings is 2. The van der Waals surface area contributed by atoms with Crippen molar-refractivity contribution < 1.29 is 27.0 Å². The monoisotopic (exact) mass is 476 g/mol. The van der Waals surface area contributed by atoms with Gasteiger partial charge in [-0.05, 0) is 49.6 Å². The van der Waals surface area contributed by atoms with Crippen molar-refractivity contribution in [2.24, 2.45) is 5.14 Å². The summed E-state index contributed by atoms with van der Waals surface area (Å²) in [6, 6.07) is 9.14.